The van der Waals surface area contributed by atoms with Gasteiger partial charge in [-0.25, -0.2) is 0 Å². The van der Waals surface area contributed by atoms with Crippen molar-refractivity contribution in [2.24, 2.45) is 0 Å². The van der Waals surface area contributed by atoms with Crippen molar-refractivity contribution in [1.29, 1.82) is 0 Å². The lowest BCUT2D eigenvalue weighted by atomic mass is 9.76. The monoisotopic (exact) mass is 448 g/mol. The van der Waals surface area contributed by atoms with E-state index in [2.05, 4.69) is 39.8 Å². The highest BCUT2D eigenvalue weighted by Gasteiger charge is 2.26. The molecule has 0 aliphatic rings. The van der Waals surface area contributed by atoms with E-state index >= 15 is 0 Å². The van der Waals surface area contributed by atoms with Gasteiger partial charge in [0.05, 0.1) is 0 Å². The zero-order valence-electron chi connectivity index (χ0n) is 20.3. The van der Waals surface area contributed by atoms with E-state index in [1.165, 1.54) is 0 Å². The second kappa shape index (κ2) is 8.83. The van der Waals surface area contributed by atoms with Crippen LogP contribution in [-0.4, -0.2) is 5.78 Å². The number of hydrogen-bond donors (Lipinski definition) is 2. The standard InChI is InChI=1S/C31H32N2O/c1-30(2,23-11-15-27(32)16-12-23)25-9-5-7-21(19-25)29(34)22-8-6-10-26(20-22)31(3,4)24-13-17-28(33)18-14-24/h5-20H,32-33H2,1-4H3. The number of rotatable bonds is 6. The van der Waals surface area contributed by atoms with Crippen molar-refractivity contribution in [1.82, 2.24) is 0 Å². The molecule has 0 atom stereocenters. The number of benzene rings is 4. The molecule has 0 saturated heterocycles. The third-order valence-corrected chi connectivity index (χ3v) is 6.96. The average Bonchev–Trinajstić information content (AvgIpc) is 2.84. The zero-order valence-corrected chi connectivity index (χ0v) is 20.3. The molecule has 0 unspecified atom stereocenters. The van der Waals surface area contributed by atoms with Gasteiger partial charge in [-0.15, -0.1) is 0 Å². The van der Waals surface area contributed by atoms with E-state index in [9.17, 15) is 4.79 Å². The molecule has 0 radical (unpaired) electrons. The Morgan fingerprint density at radius 3 is 1.24 bits per heavy atom. The van der Waals surface area contributed by atoms with E-state index < -0.39 is 0 Å². The van der Waals surface area contributed by atoms with E-state index in [-0.39, 0.29) is 16.6 Å². The van der Waals surface area contributed by atoms with Crippen LogP contribution in [0, 0.1) is 0 Å². The Hall–Kier alpha value is -3.85. The van der Waals surface area contributed by atoms with Gasteiger partial charge in [-0.1, -0.05) is 88.4 Å². The second-order valence-electron chi connectivity index (χ2n) is 9.98. The number of nitrogen functional groups attached to an aromatic ring is 2. The number of nitrogens with two attached hydrogens (primary N) is 2. The van der Waals surface area contributed by atoms with Gasteiger partial charge in [0, 0.05) is 33.3 Å². The first-order valence-electron chi connectivity index (χ1n) is 11.6. The van der Waals surface area contributed by atoms with Gasteiger partial charge >= 0.3 is 0 Å². The molecular weight excluding hydrogens is 416 g/mol. The minimum absolute atomic E-state index is 0.0184. The Labute approximate surface area is 202 Å². The quantitative estimate of drug-likeness (QED) is 0.254. The smallest absolute Gasteiger partial charge is 0.193 e. The second-order valence-corrected chi connectivity index (χ2v) is 9.98. The fourth-order valence-corrected chi connectivity index (χ4v) is 4.40. The Balaban J connectivity index is 1.67. The maximum absolute atomic E-state index is 13.5. The van der Waals surface area contributed by atoms with Crippen LogP contribution in [0.25, 0.3) is 0 Å². The van der Waals surface area contributed by atoms with Crippen LogP contribution in [0.2, 0.25) is 0 Å². The SMILES string of the molecule is CC(C)(c1ccc(N)cc1)c1cccc(C(=O)c2cccc(C(C)(C)c3ccc(N)cc3)c2)c1. The van der Waals surface area contributed by atoms with Gasteiger partial charge in [0.1, 0.15) is 0 Å². The Morgan fingerprint density at radius 1 is 0.529 bits per heavy atom. The van der Waals surface area contributed by atoms with Crippen molar-refractivity contribution in [2.45, 2.75) is 38.5 Å². The molecule has 0 amide bonds. The zero-order chi connectivity index (χ0) is 24.5. The fourth-order valence-electron chi connectivity index (χ4n) is 4.40. The predicted octanol–water partition coefficient (Wildman–Crippen LogP) is 6.73. The molecule has 0 spiro atoms. The molecule has 3 nitrogen and oxygen atoms in total. The van der Waals surface area contributed by atoms with E-state index in [4.69, 9.17) is 11.5 Å². The molecule has 4 N–H and O–H groups in total. The van der Waals surface area contributed by atoms with Crippen LogP contribution in [0.1, 0.15) is 65.9 Å². The third kappa shape index (κ3) is 4.47. The molecular formula is C31H32N2O. The fraction of sp³-hybridized carbons (Fsp3) is 0.194. The number of ketones is 1. The van der Waals surface area contributed by atoms with Crippen molar-refractivity contribution in [3.63, 3.8) is 0 Å². The highest BCUT2D eigenvalue weighted by molar-refractivity contribution is 6.09. The van der Waals surface area contributed by atoms with Gasteiger partial charge in [-0.2, -0.15) is 0 Å². The van der Waals surface area contributed by atoms with Crippen LogP contribution in [-0.2, 0) is 10.8 Å². The number of anilines is 2. The van der Waals surface area contributed by atoms with E-state index in [1.807, 2.05) is 84.9 Å². The molecule has 0 heterocycles. The molecule has 4 rings (SSSR count). The van der Waals surface area contributed by atoms with Crippen molar-refractivity contribution in [2.75, 3.05) is 11.5 Å². The van der Waals surface area contributed by atoms with Crippen LogP contribution in [0.4, 0.5) is 11.4 Å². The molecule has 4 aromatic rings. The maximum atomic E-state index is 13.5. The molecule has 3 heteroatoms. The van der Waals surface area contributed by atoms with E-state index in [0.29, 0.717) is 11.1 Å². The molecule has 0 fully saturated rings. The summed E-state index contributed by atoms with van der Waals surface area (Å²) in [7, 11) is 0. The predicted molar refractivity (Wildman–Crippen MR) is 142 cm³/mol. The normalized spacial score (nSPS) is 11.9. The number of hydrogen-bond acceptors (Lipinski definition) is 3. The van der Waals surface area contributed by atoms with Crippen molar-refractivity contribution in [3.05, 3.63) is 130 Å². The Bertz CT molecular complexity index is 1210. The first kappa shape index (κ1) is 23.3. The van der Waals surface area contributed by atoms with Gasteiger partial charge in [0.2, 0.25) is 0 Å². The molecule has 0 aromatic heterocycles. The highest BCUT2D eigenvalue weighted by Crippen LogP contribution is 2.34. The molecule has 34 heavy (non-hydrogen) atoms. The topological polar surface area (TPSA) is 69.1 Å². The molecule has 0 bridgehead atoms. The summed E-state index contributed by atoms with van der Waals surface area (Å²) in [5, 5.41) is 0. The summed E-state index contributed by atoms with van der Waals surface area (Å²) in [6, 6.07) is 31.7. The molecule has 0 saturated carbocycles. The summed E-state index contributed by atoms with van der Waals surface area (Å²) in [4.78, 5) is 13.5. The number of carbonyl (C=O) groups excluding carboxylic acids is 1. The molecule has 0 aliphatic carbocycles. The van der Waals surface area contributed by atoms with Crippen molar-refractivity contribution in [3.8, 4) is 0 Å². The molecule has 172 valence electrons. The van der Waals surface area contributed by atoms with Gasteiger partial charge in [0.15, 0.2) is 5.78 Å². The van der Waals surface area contributed by atoms with Crippen LogP contribution in [0.15, 0.2) is 97.1 Å². The minimum Gasteiger partial charge on any atom is -0.399 e. The van der Waals surface area contributed by atoms with E-state index in [1.54, 1.807) is 0 Å². The first-order chi connectivity index (χ1) is 16.1. The lowest BCUT2D eigenvalue weighted by Crippen LogP contribution is -2.20. The maximum Gasteiger partial charge on any atom is 0.193 e. The van der Waals surface area contributed by atoms with E-state index in [0.717, 1.165) is 33.6 Å². The summed E-state index contributed by atoms with van der Waals surface area (Å²) < 4.78 is 0. The van der Waals surface area contributed by atoms with Crippen LogP contribution in [0.5, 0.6) is 0 Å². The van der Waals surface area contributed by atoms with Crippen molar-refractivity contribution >= 4 is 17.2 Å². The summed E-state index contributed by atoms with van der Waals surface area (Å²) in [6.07, 6.45) is 0. The third-order valence-electron chi connectivity index (χ3n) is 6.96. The average molecular weight is 449 g/mol. The van der Waals surface area contributed by atoms with Gasteiger partial charge in [0.25, 0.3) is 0 Å². The van der Waals surface area contributed by atoms with Gasteiger partial charge in [-0.3, -0.25) is 4.79 Å². The van der Waals surface area contributed by atoms with Crippen LogP contribution >= 0.6 is 0 Å². The Morgan fingerprint density at radius 2 is 0.882 bits per heavy atom. The Kier molecular flexibility index (Phi) is 6.05. The van der Waals surface area contributed by atoms with Crippen molar-refractivity contribution < 1.29 is 4.79 Å². The summed E-state index contributed by atoms with van der Waals surface area (Å²) in [6.45, 7) is 8.66. The summed E-state index contributed by atoms with van der Waals surface area (Å²) >= 11 is 0. The first-order valence-corrected chi connectivity index (χ1v) is 11.6. The van der Waals surface area contributed by atoms with Gasteiger partial charge in [-0.05, 0) is 58.7 Å². The minimum atomic E-state index is -0.261. The summed E-state index contributed by atoms with van der Waals surface area (Å²) in [5.74, 6) is 0.0184. The lowest BCUT2D eigenvalue weighted by molar-refractivity contribution is 0.103. The van der Waals surface area contributed by atoms with Crippen LogP contribution < -0.4 is 11.5 Å². The highest BCUT2D eigenvalue weighted by atomic mass is 16.1. The van der Waals surface area contributed by atoms with Crippen LogP contribution in [0.3, 0.4) is 0 Å². The largest absolute Gasteiger partial charge is 0.399 e. The van der Waals surface area contributed by atoms with Gasteiger partial charge < -0.3 is 11.5 Å². The number of carbonyl (C=O) groups is 1. The summed E-state index contributed by atoms with van der Waals surface area (Å²) in [5.41, 5.74) is 18.5. The lowest BCUT2D eigenvalue weighted by Gasteiger charge is -2.27. The molecule has 0 aliphatic heterocycles. The molecule has 4 aromatic carbocycles.